The van der Waals surface area contributed by atoms with Gasteiger partial charge in [0.05, 0.1) is 37.6 Å². The van der Waals surface area contributed by atoms with Crippen LogP contribution in [0.25, 0.3) is 0 Å². The van der Waals surface area contributed by atoms with Crippen molar-refractivity contribution in [3.05, 3.63) is 11.6 Å². The number of aliphatic hydroxyl groups excluding tert-OH is 11. The lowest BCUT2D eigenvalue weighted by Crippen LogP contribution is -2.68. The topological polar surface area (TPSA) is 342 Å². The highest BCUT2D eigenvalue weighted by Crippen LogP contribution is 2.76. The van der Waals surface area contributed by atoms with E-state index in [0.717, 1.165) is 24.8 Å². The first-order chi connectivity index (χ1) is 33.6. The number of carbonyl (C=O) groups is 2. The number of fused-ring (bicyclic) bond motifs is 5. The summed E-state index contributed by atoms with van der Waals surface area (Å²) in [5.41, 5.74) is -1.36. The van der Waals surface area contributed by atoms with E-state index < -0.39 is 154 Å². The molecule has 0 spiro atoms. The number of carboxylic acid groups (broad SMARTS) is 1. The molecule has 12 N–H and O–H groups in total. The first-order valence-corrected chi connectivity index (χ1v) is 25.9. The molecule has 7 fully saturated rings. The Balaban J connectivity index is 1.11. The van der Waals surface area contributed by atoms with Crippen LogP contribution in [-0.2, 0) is 42.7 Å². The highest BCUT2D eigenvalue weighted by Gasteiger charge is 2.72. The van der Waals surface area contributed by atoms with Crippen LogP contribution in [0.4, 0.5) is 0 Å². The van der Waals surface area contributed by atoms with Gasteiger partial charge in [0.1, 0.15) is 73.6 Å². The van der Waals surface area contributed by atoms with E-state index in [9.17, 15) is 65.8 Å². The maximum absolute atomic E-state index is 12.7. The number of carboxylic acids is 1. The van der Waals surface area contributed by atoms with Gasteiger partial charge in [0.25, 0.3) is 0 Å². The molecule has 7 aliphatic rings. The molecule has 0 bridgehead atoms. The Hall–Kier alpha value is -2.00. The smallest absolute Gasteiger partial charge is 0.317 e. The number of aliphatic carboxylic acids is 1. The van der Waals surface area contributed by atoms with Gasteiger partial charge < -0.3 is 94.4 Å². The highest BCUT2D eigenvalue weighted by atomic mass is 16.8. The second-order valence-corrected chi connectivity index (χ2v) is 23.9. The molecule has 72 heavy (non-hydrogen) atoms. The van der Waals surface area contributed by atoms with Crippen molar-refractivity contribution in [1.29, 1.82) is 0 Å². The molecule has 4 saturated carbocycles. The lowest BCUT2D eigenvalue weighted by Gasteiger charge is -2.71. The number of rotatable bonds is 16. The average Bonchev–Trinajstić information content (AvgIpc) is 3.70. The number of hydrogen-bond acceptors (Lipinski definition) is 20. The van der Waals surface area contributed by atoms with E-state index in [-0.39, 0.29) is 39.9 Å². The predicted octanol–water partition coefficient (Wildman–Crippen LogP) is -0.00120. The van der Waals surface area contributed by atoms with Crippen molar-refractivity contribution in [2.75, 3.05) is 19.8 Å². The molecule has 0 radical (unpaired) electrons. The van der Waals surface area contributed by atoms with E-state index in [1.807, 2.05) is 20.8 Å². The Labute approximate surface area is 421 Å². The van der Waals surface area contributed by atoms with E-state index in [2.05, 4.69) is 40.7 Å². The third-order valence-corrected chi connectivity index (χ3v) is 19.3. The predicted molar refractivity (Wildman–Crippen MR) is 250 cm³/mol. The lowest BCUT2D eigenvalue weighted by atomic mass is 9.35. The fourth-order valence-electron chi connectivity index (χ4n) is 15.3. The second kappa shape index (κ2) is 21.8. The summed E-state index contributed by atoms with van der Waals surface area (Å²) in [5, 5.41) is 129. The van der Waals surface area contributed by atoms with E-state index in [4.69, 9.17) is 38.3 Å². The molecule has 21 heteroatoms. The van der Waals surface area contributed by atoms with Crippen LogP contribution in [-0.4, -0.2) is 203 Å². The maximum atomic E-state index is 12.7. The lowest BCUT2D eigenvalue weighted by molar-refractivity contribution is -0.378. The standard InChI is InChI=1S/C51H84O21/c1-23(2)10-9-14-51(8,72-45-40(64)37(61)35(59)26(20-52)66-45)24-11-16-50(7)34(24)25(55)18-30-48(5)15-13-31(47(3,4)29(48)12-17-49(30,50)6)69-46-43(38(62)36(60)27(21-53)67-46)71-44-41(65)39(63)42(28(22-54)68-44)70-33(58)19-32(56)57/h10,24-31,34-46,52-55,59-65H,9,11-22H2,1-8H3,(H,56,57)/t24-,25+,26+,27+,28+,29-,30+,31-,34-,35+,36+,37-,38-,39+,40+,41+,42+,43+,44-,45-,46-,48-,49+,50+,51-/m0/s1. The Bertz CT molecular complexity index is 1910. The van der Waals surface area contributed by atoms with Gasteiger partial charge in [-0.3, -0.25) is 9.59 Å². The van der Waals surface area contributed by atoms with Crippen molar-refractivity contribution in [2.24, 2.45) is 45.3 Å². The van der Waals surface area contributed by atoms with Gasteiger partial charge in [-0.1, -0.05) is 46.3 Å². The molecular formula is C51H84O21. The summed E-state index contributed by atoms with van der Waals surface area (Å²) in [6.45, 7) is 15.1. The highest BCUT2D eigenvalue weighted by molar-refractivity contribution is 5.90. The monoisotopic (exact) mass is 1030 g/mol. The summed E-state index contributed by atoms with van der Waals surface area (Å²) in [6.07, 6.45) is -18.3. The zero-order valence-corrected chi connectivity index (χ0v) is 42.9. The second-order valence-electron chi connectivity index (χ2n) is 23.9. The maximum Gasteiger partial charge on any atom is 0.317 e. The minimum absolute atomic E-state index is 0.0343. The zero-order chi connectivity index (χ0) is 53.2. The molecule has 3 heterocycles. The van der Waals surface area contributed by atoms with Gasteiger partial charge >= 0.3 is 11.9 Å². The van der Waals surface area contributed by atoms with Gasteiger partial charge in [-0.15, -0.1) is 0 Å². The largest absolute Gasteiger partial charge is 0.481 e. The van der Waals surface area contributed by atoms with Gasteiger partial charge in [0.15, 0.2) is 25.0 Å². The summed E-state index contributed by atoms with van der Waals surface area (Å²) in [7, 11) is 0. The van der Waals surface area contributed by atoms with E-state index in [1.165, 1.54) is 0 Å². The Morgan fingerprint density at radius 3 is 1.83 bits per heavy atom. The third-order valence-electron chi connectivity index (χ3n) is 19.3. The molecule has 7 rings (SSSR count). The third kappa shape index (κ3) is 10.2. The molecule has 25 atom stereocenters. The summed E-state index contributed by atoms with van der Waals surface area (Å²) >= 11 is 0. The van der Waals surface area contributed by atoms with Gasteiger partial charge in [0.2, 0.25) is 0 Å². The number of allylic oxidation sites excluding steroid dienone is 2. The van der Waals surface area contributed by atoms with Crippen LogP contribution >= 0.6 is 0 Å². The average molecular weight is 1030 g/mol. The first-order valence-electron chi connectivity index (χ1n) is 25.9. The molecular weight excluding hydrogens is 949 g/mol. The minimum atomic E-state index is -1.98. The van der Waals surface area contributed by atoms with E-state index in [1.54, 1.807) is 0 Å². The molecule has 0 unspecified atom stereocenters. The quantitative estimate of drug-likeness (QED) is 0.0419. The molecule has 3 saturated heterocycles. The molecule has 0 aromatic rings. The summed E-state index contributed by atoms with van der Waals surface area (Å²) < 4.78 is 42.4. The number of esters is 1. The fourth-order valence-corrected chi connectivity index (χ4v) is 15.3. The number of ether oxygens (including phenoxy) is 7. The SMILES string of the molecule is CC(C)=CCC[C@](C)(O[C@@H]1O[C@H](CO)[C@@H](O)[C@H](O)[C@H]1O)[C@H]1CC[C@]2(C)[C@@H]1[C@H](O)C[C@@H]1[C@@]3(C)CC[C@H](O[C@@H]4O[C@H](CO)[C@@H](O)[C@H](O)[C@H]4O[C@@H]4O[C@H](CO)[C@@H](OC(=O)CC(=O)O)[C@H](O)[C@H]4O)C(C)(C)[C@@H]3CC[C@]12C. The van der Waals surface area contributed by atoms with Crippen LogP contribution in [0.3, 0.4) is 0 Å². The van der Waals surface area contributed by atoms with E-state index >= 15 is 0 Å². The van der Waals surface area contributed by atoms with Crippen molar-refractivity contribution in [1.82, 2.24) is 0 Å². The molecule has 0 aromatic heterocycles. The number of carbonyl (C=O) groups excluding carboxylic acids is 1. The Morgan fingerprint density at radius 1 is 0.653 bits per heavy atom. The van der Waals surface area contributed by atoms with Crippen molar-refractivity contribution in [3.63, 3.8) is 0 Å². The number of aliphatic hydroxyl groups is 11. The molecule has 414 valence electrons. The zero-order valence-electron chi connectivity index (χ0n) is 42.9. The molecule has 0 amide bonds. The van der Waals surface area contributed by atoms with Gasteiger partial charge in [-0.25, -0.2) is 0 Å². The normalized spacial score (nSPS) is 48.8. The van der Waals surface area contributed by atoms with Gasteiger partial charge in [0, 0.05) is 0 Å². The number of hydrogen-bond donors (Lipinski definition) is 12. The van der Waals surface area contributed by atoms with Crippen LogP contribution in [0.5, 0.6) is 0 Å². The Kier molecular flexibility index (Phi) is 17.5. The molecule has 0 aromatic carbocycles. The molecule has 4 aliphatic carbocycles. The van der Waals surface area contributed by atoms with Crippen LogP contribution in [0, 0.1) is 45.3 Å². The van der Waals surface area contributed by atoms with Crippen molar-refractivity contribution in [2.45, 2.75) is 230 Å². The van der Waals surface area contributed by atoms with Crippen molar-refractivity contribution < 1.29 is 104 Å². The van der Waals surface area contributed by atoms with Crippen LogP contribution in [0.1, 0.15) is 120 Å². The Morgan fingerprint density at radius 2 is 1.22 bits per heavy atom. The van der Waals surface area contributed by atoms with Crippen LogP contribution < -0.4 is 0 Å². The molecule has 3 aliphatic heterocycles. The fraction of sp³-hybridized carbons (Fsp3) is 0.922. The van der Waals surface area contributed by atoms with Crippen LogP contribution in [0.2, 0.25) is 0 Å². The molecule has 21 nitrogen and oxygen atoms in total. The van der Waals surface area contributed by atoms with Crippen molar-refractivity contribution >= 4 is 11.9 Å². The van der Waals surface area contributed by atoms with Gasteiger partial charge in [-0.2, -0.15) is 0 Å². The summed E-state index contributed by atoms with van der Waals surface area (Å²) in [5.74, 6) is -3.08. The minimum Gasteiger partial charge on any atom is -0.481 e. The first kappa shape index (κ1) is 57.7. The van der Waals surface area contributed by atoms with Crippen LogP contribution in [0.15, 0.2) is 11.6 Å². The summed E-state index contributed by atoms with van der Waals surface area (Å²) in [4.78, 5) is 23.3. The van der Waals surface area contributed by atoms with Gasteiger partial charge in [-0.05, 0) is 124 Å². The van der Waals surface area contributed by atoms with E-state index in [0.29, 0.717) is 38.5 Å². The summed E-state index contributed by atoms with van der Waals surface area (Å²) in [6, 6.07) is 0. The van der Waals surface area contributed by atoms with Crippen molar-refractivity contribution in [3.8, 4) is 0 Å².